The molecule has 2 N–H and O–H groups in total. The first-order valence-electron chi connectivity index (χ1n) is 13.4. The zero-order valence-electron chi connectivity index (χ0n) is 23.5. The number of amides is 2. The van der Waals surface area contributed by atoms with Crippen LogP contribution in [0.1, 0.15) is 25.0 Å². The van der Waals surface area contributed by atoms with Crippen molar-refractivity contribution in [2.75, 3.05) is 38.9 Å². The summed E-state index contributed by atoms with van der Waals surface area (Å²) >= 11 is 0. The second-order valence-corrected chi connectivity index (χ2v) is 12.1. The number of benzene rings is 2. The summed E-state index contributed by atoms with van der Waals surface area (Å²) in [5.41, 5.74) is 1.80. The fraction of sp³-hybridized carbons (Fsp3) is 0.333. The highest BCUT2D eigenvalue weighted by Gasteiger charge is 2.38. The van der Waals surface area contributed by atoms with Gasteiger partial charge in [0.05, 0.1) is 13.2 Å². The van der Waals surface area contributed by atoms with Gasteiger partial charge < -0.3 is 29.5 Å². The fourth-order valence-electron chi connectivity index (χ4n) is 4.65. The molecule has 2 aliphatic heterocycles. The van der Waals surface area contributed by atoms with Gasteiger partial charge in [0.1, 0.15) is 16.7 Å². The molecule has 3 atom stereocenters. The summed E-state index contributed by atoms with van der Waals surface area (Å²) in [4.78, 5) is 18.6. The normalized spacial score (nSPS) is 19.6. The summed E-state index contributed by atoms with van der Waals surface area (Å²) in [5.74, 6) is 7.00. The number of carbonyl (C=O) groups is 1. The number of anilines is 1. The predicted molar refractivity (Wildman–Crippen MR) is 155 cm³/mol. The van der Waals surface area contributed by atoms with Gasteiger partial charge in [-0.1, -0.05) is 18.8 Å². The average Bonchev–Trinajstić information content (AvgIpc) is 3.46. The van der Waals surface area contributed by atoms with Gasteiger partial charge in [0.2, 0.25) is 16.8 Å². The number of ether oxygens (including phenoxy) is 3. The van der Waals surface area contributed by atoms with Crippen LogP contribution in [0.4, 0.5) is 10.5 Å². The van der Waals surface area contributed by atoms with Gasteiger partial charge >= 0.3 is 6.03 Å². The van der Waals surface area contributed by atoms with E-state index in [-0.39, 0.29) is 49.1 Å². The number of carbonyl (C=O) groups excluding carboxylic acids is 1. The molecular weight excluding hydrogens is 560 g/mol. The van der Waals surface area contributed by atoms with Crippen LogP contribution in [-0.2, 0) is 10.0 Å². The van der Waals surface area contributed by atoms with E-state index in [0.717, 1.165) is 0 Å². The number of hydrogen-bond acceptors (Lipinski definition) is 8. The van der Waals surface area contributed by atoms with E-state index in [4.69, 9.17) is 14.2 Å². The van der Waals surface area contributed by atoms with Crippen molar-refractivity contribution in [2.24, 2.45) is 5.92 Å². The number of likely N-dealkylation sites (N-methyl/N-ethyl adjacent to an activating group) is 1. The minimum absolute atomic E-state index is 0.0286. The molecule has 12 heteroatoms. The molecule has 0 aliphatic carbocycles. The maximum Gasteiger partial charge on any atom is 0.321 e. The molecular formula is C30H32N4O7S. The molecule has 0 saturated heterocycles. The number of nitrogens with zero attached hydrogens (tertiary/aromatic N) is 3. The van der Waals surface area contributed by atoms with Crippen LogP contribution in [0.5, 0.6) is 17.2 Å². The maximum atomic E-state index is 13.7. The van der Waals surface area contributed by atoms with E-state index in [2.05, 4.69) is 22.1 Å². The molecule has 0 unspecified atom stereocenters. The van der Waals surface area contributed by atoms with E-state index in [1.807, 2.05) is 13.0 Å². The quantitative estimate of drug-likeness (QED) is 0.432. The van der Waals surface area contributed by atoms with E-state index in [1.165, 1.54) is 15.3 Å². The fourth-order valence-corrected chi connectivity index (χ4v) is 6.47. The van der Waals surface area contributed by atoms with Crippen LogP contribution in [-0.4, -0.2) is 79.4 Å². The molecule has 2 amide bonds. The molecule has 0 bridgehead atoms. The smallest absolute Gasteiger partial charge is 0.321 e. The van der Waals surface area contributed by atoms with Crippen molar-refractivity contribution in [2.45, 2.75) is 30.9 Å². The van der Waals surface area contributed by atoms with Crippen LogP contribution in [0.2, 0.25) is 0 Å². The summed E-state index contributed by atoms with van der Waals surface area (Å²) in [5, 5.41) is 12.7. The molecule has 5 rings (SSSR count). The third-order valence-electron chi connectivity index (χ3n) is 7.10. The van der Waals surface area contributed by atoms with Crippen LogP contribution < -0.4 is 19.5 Å². The number of pyridine rings is 1. The molecule has 42 heavy (non-hydrogen) atoms. The number of nitrogens with one attached hydrogen (secondary N) is 1. The predicted octanol–water partition coefficient (Wildman–Crippen LogP) is 3.14. The number of aromatic nitrogens is 1. The molecule has 0 fully saturated rings. The van der Waals surface area contributed by atoms with Crippen LogP contribution in [0.15, 0.2) is 65.8 Å². The van der Waals surface area contributed by atoms with Crippen molar-refractivity contribution in [1.82, 2.24) is 14.2 Å². The van der Waals surface area contributed by atoms with Gasteiger partial charge in [-0.2, -0.15) is 4.31 Å². The second-order valence-electron chi connectivity index (χ2n) is 10.3. The lowest BCUT2D eigenvalue weighted by Gasteiger charge is -2.37. The van der Waals surface area contributed by atoms with E-state index in [9.17, 15) is 18.3 Å². The van der Waals surface area contributed by atoms with Crippen molar-refractivity contribution in [3.63, 3.8) is 0 Å². The zero-order chi connectivity index (χ0) is 29.9. The molecule has 220 valence electrons. The number of rotatable bonds is 5. The molecule has 2 aliphatic rings. The van der Waals surface area contributed by atoms with E-state index < -0.39 is 22.2 Å². The Kier molecular flexibility index (Phi) is 8.54. The van der Waals surface area contributed by atoms with E-state index in [0.29, 0.717) is 28.3 Å². The molecule has 0 radical (unpaired) electrons. The summed E-state index contributed by atoms with van der Waals surface area (Å²) < 4.78 is 45.8. The largest absolute Gasteiger partial charge is 0.487 e. The standard InChI is InChI=1S/C30H32N4O7S/c1-20-16-34(21(2)18-35)42(37,38)29-11-8-22(6-7-23-5-4-12-31-15-23)13-27(29)41-28(20)17-33(3)30(36)32-24-9-10-25-26(14-24)40-19-39-25/h4-5,8-15,20-21,28,35H,16-19H2,1-3H3,(H,32,36)/t20-,21-,28+/m1/s1. The van der Waals surface area contributed by atoms with Crippen molar-refractivity contribution in [1.29, 1.82) is 0 Å². The monoisotopic (exact) mass is 592 g/mol. The number of sulfonamides is 1. The Labute approximate surface area is 245 Å². The summed E-state index contributed by atoms with van der Waals surface area (Å²) in [7, 11) is -2.37. The van der Waals surface area contributed by atoms with Crippen molar-refractivity contribution >= 4 is 21.7 Å². The zero-order valence-corrected chi connectivity index (χ0v) is 24.3. The first-order chi connectivity index (χ1) is 20.2. The van der Waals surface area contributed by atoms with Gasteiger partial charge in [-0.3, -0.25) is 4.98 Å². The second kappa shape index (κ2) is 12.3. The molecule has 3 aromatic rings. The number of urea groups is 1. The maximum absolute atomic E-state index is 13.7. The van der Waals surface area contributed by atoms with Crippen LogP contribution in [0.25, 0.3) is 0 Å². The lowest BCUT2D eigenvalue weighted by Crippen LogP contribution is -2.50. The van der Waals surface area contributed by atoms with Crippen molar-refractivity contribution in [3.05, 3.63) is 72.1 Å². The third-order valence-corrected chi connectivity index (χ3v) is 9.12. The van der Waals surface area contributed by atoms with Gasteiger partial charge in [0.15, 0.2) is 11.5 Å². The molecule has 2 aromatic carbocycles. The lowest BCUT2D eigenvalue weighted by molar-refractivity contribution is 0.0830. The SMILES string of the molecule is C[C@@H]1CN([C@H](C)CO)S(=O)(=O)c2ccc(C#Cc3cccnc3)cc2O[C@H]1CN(C)C(=O)Nc1ccc2c(c1)OCO2. The number of aliphatic hydroxyl groups excluding tert-OH is 1. The Balaban J connectivity index is 1.42. The first kappa shape index (κ1) is 29.2. The summed E-state index contributed by atoms with van der Waals surface area (Å²) in [6.07, 6.45) is 2.71. The average molecular weight is 593 g/mol. The number of hydrogen-bond donors (Lipinski definition) is 2. The topological polar surface area (TPSA) is 131 Å². The summed E-state index contributed by atoms with van der Waals surface area (Å²) in [6.45, 7) is 3.54. The Morgan fingerprint density at radius 2 is 1.93 bits per heavy atom. The Morgan fingerprint density at radius 3 is 2.69 bits per heavy atom. The minimum atomic E-state index is -4.01. The lowest BCUT2D eigenvalue weighted by atomic mass is 10.0. The van der Waals surface area contributed by atoms with Gasteiger partial charge in [-0.25, -0.2) is 13.2 Å². The molecule has 0 spiro atoms. The highest BCUT2D eigenvalue weighted by molar-refractivity contribution is 7.89. The summed E-state index contributed by atoms with van der Waals surface area (Å²) in [6, 6.07) is 12.4. The molecule has 11 nitrogen and oxygen atoms in total. The third kappa shape index (κ3) is 6.28. The Hall–Kier alpha value is -4.31. The van der Waals surface area contributed by atoms with Gasteiger partial charge in [0, 0.05) is 60.8 Å². The van der Waals surface area contributed by atoms with Gasteiger partial charge in [-0.05, 0) is 49.4 Å². The Bertz CT molecular complexity index is 1620. The van der Waals surface area contributed by atoms with Gasteiger partial charge in [-0.15, -0.1) is 0 Å². The molecule has 0 saturated carbocycles. The van der Waals surface area contributed by atoms with Crippen molar-refractivity contribution < 1.29 is 32.5 Å². The van der Waals surface area contributed by atoms with Crippen molar-refractivity contribution in [3.8, 4) is 29.1 Å². The Morgan fingerprint density at radius 1 is 1.14 bits per heavy atom. The van der Waals surface area contributed by atoms with E-state index in [1.54, 1.807) is 62.8 Å². The highest BCUT2D eigenvalue weighted by Crippen LogP contribution is 2.35. The van der Waals surface area contributed by atoms with E-state index >= 15 is 0 Å². The van der Waals surface area contributed by atoms with Gasteiger partial charge in [0.25, 0.3) is 0 Å². The number of aliphatic hydroxyl groups is 1. The highest BCUT2D eigenvalue weighted by atomic mass is 32.2. The molecule has 1 aromatic heterocycles. The number of fused-ring (bicyclic) bond motifs is 2. The van der Waals surface area contributed by atoms with Crippen LogP contribution in [0.3, 0.4) is 0 Å². The first-order valence-corrected chi connectivity index (χ1v) is 14.9. The van der Waals surface area contributed by atoms with Crippen LogP contribution in [0, 0.1) is 17.8 Å². The minimum Gasteiger partial charge on any atom is -0.487 e. The van der Waals surface area contributed by atoms with Crippen LogP contribution >= 0.6 is 0 Å². The molecule has 3 heterocycles.